The largest absolute Gasteiger partial charge is 0.368 e. The van der Waals surface area contributed by atoms with Crippen LogP contribution in [0.25, 0.3) is 0 Å². The molecular formula is C27H50N2O6. The highest BCUT2D eigenvalue weighted by Gasteiger charge is 2.32. The summed E-state index contributed by atoms with van der Waals surface area (Å²) >= 11 is 0. The Morgan fingerprint density at radius 1 is 0.771 bits per heavy atom. The second kappa shape index (κ2) is 22.5. The van der Waals surface area contributed by atoms with Gasteiger partial charge in [0.05, 0.1) is 6.61 Å². The summed E-state index contributed by atoms with van der Waals surface area (Å²) in [4.78, 5) is 50.8. The fraction of sp³-hybridized carbons (Fsp3) is 0.852. The quantitative estimate of drug-likeness (QED) is 0.153. The predicted molar refractivity (Wildman–Crippen MR) is 137 cm³/mol. The number of unbranched alkanes of at least 4 members (excludes halogenated alkanes) is 14. The van der Waals surface area contributed by atoms with Gasteiger partial charge in [0.2, 0.25) is 5.91 Å². The molecule has 0 atom stereocenters. The Kier molecular flexibility index (Phi) is 21.2. The maximum Gasteiger partial charge on any atom is 0.358 e. The first-order chi connectivity index (χ1) is 16.5. The molecule has 0 spiro atoms. The first-order valence-electron chi connectivity index (χ1n) is 13.5. The summed E-state index contributed by atoms with van der Waals surface area (Å²) in [5.74, 6) is -1.88. The molecule has 1 N–H and O–H groups in total. The molecule has 0 aliphatic carbocycles. The van der Waals surface area contributed by atoms with E-state index in [0.717, 1.165) is 12.8 Å². The lowest BCUT2D eigenvalue weighted by atomic mass is 10.0. The summed E-state index contributed by atoms with van der Waals surface area (Å²) in [6.07, 6.45) is 20.0. The molecule has 1 fully saturated rings. The summed E-state index contributed by atoms with van der Waals surface area (Å²) in [6, 6.07) is 0. The molecule has 1 aliphatic heterocycles. The van der Waals surface area contributed by atoms with Crippen LogP contribution < -0.4 is 5.32 Å². The zero-order valence-corrected chi connectivity index (χ0v) is 21.2. The zero-order valence-electron chi connectivity index (χ0n) is 21.2. The van der Waals surface area contributed by atoms with E-state index in [1.807, 2.05) is 0 Å². The molecule has 8 heteroatoms. The van der Waals surface area contributed by atoms with E-state index in [2.05, 4.69) is 17.1 Å². The van der Waals surface area contributed by atoms with Crippen LogP contribution in [0.4, 0.5) is 0 Å². The Morgan fingerprint density at radius 3 is 1.71 bits per heavy atom. The number of ether oxygens (including phenoxy) is 1. The van der Waals surface area contributed by atoms with Gasteiger partial charge in [0.25, 0.3) is 11.8 Å². The van der Waals surface area contributed by atoms with Crippen LogP contribution in [0, 0.1) is 0 Å². The van der Waals surface area contributed by atoms with Gasteiger partial charge in [0, 0.05) is 25.8 Å². The molecule has 35 heavy (non-hydrogen) atoms. The normalized spacial score (nSPS) is 13.1. The number of rotatable bonds is 22. The van der Waals surface area contributed by atoms with Gasteiger partial charge >= 0.3 is 5.97 Å². The Hall–Kier alpha value is -1.96. The van der Waals surface area contributed by atoms with Crippen LogP contribution in [0.5, 0.6) is 0 Å². The molecule has 0 aromatic rings. The van der Waals surface area contributed by atoms with Crippen LogP contribution >= 0.6 is 0 Å². The minimum absolute atomic E-state index is 0. The van der Waals surface area contributed by atoms with Crippen LogP contribution in [0.1, 0.15) is 130 Å². The fourth-order valence-corrected chi connectivity index (χ4v) is 3.95. The number of imide groups is 1. The summed E-state index contributed by atoms with van der Waals surface area (Å²) in [7, 11) is 0. The van der Waals surface area contributed by atoms with Crippen molar-refractivity contribution in [1.29, 1.82) is 0 Å². The lowest BCUT2D eigenvalue weighted by Crippen LogP contribution is -2.34. The minimum Gasteiger partial charge on any atom is -0.368 e. The number of nitrogens with one attached hydrogen (secondary N) is 1. The minimum atomic E-state index is -0.812. The SMILES string of the molecule is C.CCCCCCCCCCCCCCCCCC(=O)NCCOCC(=O)ON1C(=O)CCC1=O. The van der Waals surface area contributed by atoms with E-state index < -0.39 is 17.8 Å². The monoisotopic (exact) mass is 498 g/mol. The van der Waals surface area contributed by atoms with Crippen LogP contribution in [-0.4, -0.2) is 48.5 Å². The maximum atomic E-state index is 11.8. The molecule has 0 bridgehead atoms. The third-order valence-electron chi connectivity index (χ3n) is 5.99. The van der Waals surface area contributed by atoms with Gasteiger partial charge in [-0.25, -0.2) is 4.79 Å². The molecule has 0 saturated carbocycles. The van der Waals surface area contributed by atoms with Crippen molar-refractivity contribution in [2.75, 3.05) is 19.8 Å². The average Bonchev–Trinajstić information content (AvgIpc) is 3.13. The van der Waals surface area contributed by atoms with E-state index in [1.54, 1.807) is 0 Å². The Morgan fingerprint density at radius 2 is 1.23 bits per heavy atom. The van der Waals surface area contributed by atoms with Crippen LogP contribution in [0.2, 0.25) is 0 Å². The molecule has 1 heterocycles. The van der Waals surface area contributed by atoms with Crippen LogP contribution in [0.3, 0.4) is 0 Å². The van der Waals surface area contributed by atoms with E-state index in [1.165, 1.54) is 83.5 Å². The molecule has 3 amide bonds. The molecule has 1 aliphatic rings. The highest BCUT2D eigenvalue weighted by molar-refractivity contribution is 6.01. The van der Waals surface area contributed by atoms with Crippen molar-refractivity contribution in [3.8, 4) is 0 Å². The first kappa shape index (κ1) is 33.0. The Bertz CT molecular complexity index is 580. The average molecular weight is 499 g/mol. The van der Waals surface area contributed by atoms with Gasteiger partial charge in [-0.2, -0.15) is 0 Å². The van der Waals surface area contributed by atoms with Crippen molar-refractivity contribution >= 4 is 23.7 Å². The number of carbonyl (C=O) groups is 4. The van der Waals surface area contributed by atoms with Crippen LogP contribution in [-0.2, 0) is 28.8 Å². The molecule has 0 unspecified atom stereocenters. The summed E-state index contributed by atoms with van der Waals surface area (Å²) < 4.78 is 5.12. The maximum absolute atomic E-state index is 11.8. The number of hydrogen-bond donors (Lipinski definition) is 1. The van der Waals surface area contributed by atoms with E-state index in [4.69, 9.17) is 4.74 Å². The number of hydroxylamine groups is 2. The molecule has 204 valence electrons. The van der Waals surface area contributed by atoms with E-state index in [-0.39, 0.29) is 39.4 Å². The lowest BCUT2D eigenvalue weighted by Gasteiger charge is -2.12. The highest BCUT2D eigenvalue weighted by atomic mass is 16.7. The highest BCUT2D eigenvalue weighted by Crippen LogP contribution is 2.14. The van der Waals surface area contributed by atoms with Gasteiger partial charge in [0.15, 0.2) is 0 Å². The number of hydrogen-bond acceptors (Lipinski definition) is 6. The van der Waals surface area contributed by atoms with E-state index >= 15 is 0 Å². The molecule has 8 nitrogen and oxygen atoms in total. The van der Waals surface area contributed by atoms with Gasteiger partial charge in [0.1, 0.15) is 6.61 Å². The second-order valence-electron chi connectivity index (χ2n) is 9.15. The smallest absolute Gasteiger partial charge is 0.358 e. The number of nitrogens with zero attached hydrogens (tertiary/aromatic N) is 1. The lowest BCUT2D eigenvalue weighted by molar-refractivity contribution is -0.200. The third-order valence-corrected chi connectivity index (χ3v) is 5.99. The van der Waals surface area contributed by atoms with E-state index in [0.29, 0.717) is 18.0 Å². The molecule has 0 radical (unpaired) electrons. The van der Waals surface area contributed by atoms with Gasteiger partial charge in [-0.1, -0.05) is 104 Å². The van der Waals surface area contributed by atoms with Crippen molar-refractivity contribution in [1.82, 2.24) is 10.4 Å². The zero-order chi connectivity index (χ0) is 24.9. The Labute approximate surface area is 212 Å². The summed E-state index contributed by atoms with van der Waals surface area (Å²) in [5.41, 5.74) is 0. The molecule has 1 rings (SSSR count). The van der Waals surface area contributed by atoms with Crippen molar-refractivity contribution in [2.24, 2.45) is 0 Å². The van der Waals surface area contributed by atoms with Crippen molar-refractivity contribution in [3.63, 3.8) is 0 Å². The summed E-state index contributed by atoms with van der Waals surface area (Å²) in [5, 5.41) is 3.25. The molecule has 1 saturated heterocycles. The first-order valence-corrected chi connectivity index (χ1v) is 13.5. The van der Waals surface area contributed by atoms with E-state index in [9.17, 15) is 19.2 Å². The standard InChI is InChI=1S/C26H46N2O6.CH4/c1-2-3-4-5-6-7-8-9-10-11-12-13-14-15-16-17-23(29)27-20-21-33-22-26(32)34-28-24(30)18-19-25(28)31;/h2-22H2,1H3,(H,27,29);1H4. The van der Waals surface area contributed by atoms with Crippen LogP contribution in [0.15, 0.2) is 0 Å². The number of carbonyl (C=O) groups excluding carboxylic acids is 4. The van der Waals surface area contributed by atoms with Crippen molar-refractivity contribution in [2.45, 2.75) is 130 Å². The van der Waals surface area contributed by atoms with Gasteiger partial charge in [-0.3, -0.25) is 14.4 Å². The van der Waals surface area contributed by atoms with Gasteiger partial charge in [-0.15, -0.1) is 5.06 Å². The Balaban J connectivity index is 0.0000116. The van der Waals surface area contributed by atoms with Crippen molar-refractivity contribution in [3.05, 3.63) is 0 Å². The van der Waals surface area contributed by atoms with Gasteiger partial charge in [-0.05, 0) is 6.42 Å². The van der Waals surface area contributed by atoms with Gasteiger partial charge < -0.3 is 14.9 Å². The second-order valence-corrected chi connectivity index (χ2v) is 9.15. The third kappa shape index (κ3) is 18.0. The molecule has 0 aromatic heterocycles. The predicted octanol–water partition coefficient (Wildman–Crippen LogP) is 5.62. The number of amides is 3. The molecule has 0 aromatic carbocycles. The topological polar surface area (TPSA) is 102 Å². The molecular weight excluding hydrogens is 448 g/mol. The summed E-state index contributed by atoms with van der Waals surface area (Å²) in [6.45, 7) is 2.33. The van der Waals surface area contributed by atoms with Crippen molar-refractivity contribution < 1.29 is 28.8 Å². The fourth-order valence-electron chi connectivity index (χ4n) is 3.95.